The number of nitrogens with two attached hydrogens (primary N) is 1. The molecule has 2 atom stereocenters. The molecule has 1 unspecified atom stereocenters. The van der Waals surface area contributed by atoms with Crippen molar-refractivity contribution in [2.45, 2.75) is 25.4 Å². The average molecular weight is 225 g/mol. The minimum Gasteiger partial charge on any atom is -0.326 e. The van der Waals surface area contributed by atoms with Gasteiger partial charge in [-0.2, -0.15) is 0 Å². The van der Waals surface area contributed by atoms with Crippen molar-refractivity contribution in [3.8, 4) is 0 Å². The Kier molecular flexibility index (Phi) is 3.29. The van der Waals surface area contributed by atoms with E-state index in [0.717, 1.165) is 24.5 Å². The van der Waals surface area contributed by atoms with Crippen molar-refractivity contribution in [1.82, 2.24) is 4.90 Å². The van der Waals surface area contributed by atoms with E-state index in [-0.39, 0.29) is 0 Å². The van der Waals surface area contributed by atoms with E-state index in [1.807, 2.05) is 18.2 Å². The standard InChI is InChI=1S/C12H17ClN2/c1-9(15-7-6-10(14)8-15)11-4-2-3-5-12(11)13/h2-5,9-10H,6-8,14H2,1H3/t9?,10-/m1/s1. The highest BCUT2D eigenvalue weighted by Gasteiger charge is 2.25. The minimum absolute atomic E-state index is 0.329. The molecule has 0 bridgehead atoms. The molecular weight excluding hydrogens is 208 g/mol. The topological polar surface area (TPSA) is 29.3 Å². The third-order valence-electron chi connectivity index (χ3n) is 3.16. The Bertz CT molecular complexity index is 340. The lowest BCUT2D eigenvalue weighted by Crippen LogP contribution is -2.28. The average Bonchev–Trinajstić information content (AvgIpc) is 2.65. The van der Waals surface area contributed by atoms with Gasteiger partial charge in [0.1, 0.15) is 0 Å². The van der Waals surface area contributed by atoms with Crippen LogP contribution in [0.25, 0.3) is 0 Å². The molecule has 15 heavy (non-hydrogen) atoms. The van der Waals surface area contributed by atoms with Crippen LogP contribution in [0.5, 0.6) is 0 Å². The smallest absolute Gasteiger partial charge is 0.0453 e. The molecule has 0 aromatic heterocycles. The van der Waals surface area contributed by atoms with Crippen LogP contribution < -0.4 is 5.73 Å². The van der Waals surface area contributed by atoms with Gasteiger partial charge in [0.15, 0.2) is 0 Å². The normalized spacial score (nSPS) is 24.3. The summed E-state index contributed by atoms with van der Waals surface area (Å²) in [5, 5.41) is 0.852. The molecule has 0 amide bonds. The first-order chi connectivity index (χ1) is 7.18. The zero-order valence-corrected chi connectivity index (χ0v) is 9.74. The van der Waals surface area contributed by atoms with Gasteiger partial charge in [-0.15, -0.1) is 0 Å². The lowest BCUT2D eigenvalue weighted by molar-refractivity contribution is 0.260. The van der Waals surface area contributed by atoms with Crippen molar-refractivity contribution >= 4 is 11.6 Å². The minimum atomic E-state index is 0.329. The molecule has 82 valence electrons. The first kappa shape index (κ1) is 10.9. The third kappa shape index (κ3) is 2.33. The van der Waals surface area contributed by atoms with Crippen molar-refractivity contribution in [1.29, 1.82) is 0 Å². The SMILES string of the molecule is CC(c1ccccc1Cl)N1CC[C@@H](N)C1. The maximum absolute atomic E-state index is 6.18. The summed E-state index contributed by atoms with van der Waals surface area (Å²) in [5.74, 6) is 0. The molecule has 1 aromatic rings. The number of benzene rings is 1. The second-order valence-electron chi connectivity index (χ2n) is 4.24. The number of rotatable bonds is 2. The first-order valence-corrected chi connectivity index (χ1v) is 5.80. The van der Waals surface area contributed by atoms with Gasteiger partial charge in [0.25, 0.3) is 0 Å². The molecule has 1 aromatic carbocycles. The molecular formula is C12H17ClN2. The summed E-state index contributed by atoms with van der Waals surface area (Å²) in [6.45, 7) is 4.25. The summed E-state index contributed by atoms with van der Waals surface area (Å²) in [6, 6.07) is 8.74. The van der Waals surface area contributed by atoms with Crippen LogP contribution in [0.2, 0.25) is 5.02 Å². The van der Waals surface area contributed by atoms with Crippen molar-refractivity contribution in [2.75, 3.05) is 13.1 Å². The monoisotopic (exact) mass is 224 g/mol. The van der Waals surface area contributed by atoms with Crippen LogP contribution >= 0.6 is 11.6 Å². The summed E-state index contributed by atoms with van der Waals surface area (Å²) < 4.78 is 0. The van der Waals surface area contributed by atoms with Gasteiger partial charge in [0, 0.05) is 30.2 Å². The molecule has 0 saturated carbocycles. The number of likely N-dealkylation sites (tertiary alicyclic amines) is 1. The molecule has 2 rings (SSSR count). The molecule has 1 aliphatic rings. The molecule has 0 radical (unpaired) electrons. The van der Waals surface area contributed by atoms with E-state index in [1.165, 1.54) is 5.56 Å². The second-order valence-corrected chi connectivity index (χ2v) is 4.65. The van der Waals surface area contributed by atoms with E-state index in [9.17, 15) is 0 Å². The number of halogens is 1. The quantitative estimate of drug-likeness (QED) is 0.836. The summed E-state index contributed by atoms with van der Waals surface area (Å²) in [4.78, 5) is 2.39. The zero-order chi connectivity index (χ0) is 10.8. The van der Waals surface area contributed by atoms with Crippen LogP contribution in [0.1, 0.15) is 24.9 Å². The van der Waals surface area contributed by atoms with Gasteiger partial charge >= 0.3 is 0 Å². The molecule has 0 spiro atoms. The molecule has 0 aliphatic carbocycles. The molecule has 1 saturated heterocycles. The van der Waals surface area contributed by atoms with Crippen LogP contribution in [-0.2, 0) is 0 Å². The van der Waals surface area contributed by atoms with Crippen molar-refractivity contribution < 1.29 is 0 Å². The zero-order valence-electron chi connectivity index (χ0n) is 8.99. The lowest BCUT2D eigenvalue weighted by atomic mass is 10.1. The summed E-state index contributed by atoms with van der Waals surface area (Å²) >= 11 is 6.18. The van der Waals surface area contributed by atoms with Gasteiger partial charge in [-0.25, -0.2) is 0 Å². The lowest BCUT2D eigenvalue weighted by Gasteiger charge is -2.25. The Balaban J connectivity index is 2.14. The Hall–Kier alpha value is -0.570. The number of nitrogens with zero attached hydrogens (tertiary/aromatic N) is 1. The van der Waals surface area contributed by atoms with Crippen LogP contribution in [0.4, 0.5) is 0 Å². The maximum atomic E-state index is 6.18. The largest absolute Gasteiger partial charge is 0.326 e. The van der Waals surface area contributed by atoms with E-state index < -0.39 is 0 Å². The Labute approximate surface area is 96.0 Å². The van der Waals surface area contributed by atoms with Crippen LogP contribution in [0, 0.1) is 0 Å². The Morgan fingerprint density at radius 1 is 1.47 bits per heavy atom. The van der Waals surface area contributed by atoms with Gasteiger partial charge in [-0.3, -0.25) is 4.90 Å². The first-order valence-electron chi connectivity index (χ1n) is 5.42. The third-order valence-corrected chi connectivity index (χ3v) is 3.50. The van der Waals surface area contributed by atoms with Gasteiger partial charge in [-0.05, 0) is 25.0 Å². The van der Waals surface area contributed by atoms with Crippen molar-refractivity contribution in [3.05, 3.63) is 34.9 Å². The highest BCUT2D eigenvalue weighted by atomic mass is 35.5. The molecule has 1 fully saturated rings. The van der Waals surface area contributed by atoms with Gasteiger partial charge in [-0.1, -0.05) is 29.8 Å². The van der Waals surface area contributed by atoms with E-state index in [4.69, 9.17) is 17.3 Å². The predicted molar refractivity (Wildman–Crippen MR) is 64.0 cm³/mol. The maximum Gasteiger partial charge on any atom is 0.0453 e. The van der Waals surface area contributed by atoms with E-state index in [0.29, 0.717) is 12.1 Å². The number of hydrogen-bond donors (Lipinski definition) is 1. The summed E-state index contributed by atoms with van der Waals surface area (Å²) in [7, 11) is 0. The highest BCUT2D eigenvalue weighted by Crippen LogP contribution is 2.29. The van der Waals surface area contributed by atoms with E-state index in [1.54, 1.807) is 0 Å². The van der Waals surface area contributed by atoms with E-state index >= 15 is 0 Å². The molecule has 1 aliphatic heterocycles. The second kappa shape index (κ2) is 4.52. The van der Waals surface area contributed by atoms with Crippen LogP contribution in [0.3, 0.4) is 0 Å². The fourth-order valence-corrected chi connectivity index (χ4v) is 2.47. The fraction of sp³-hybridized carbons (Fsp3) is 0.500. The molecule has 2 nitrogen and oxygen atoms in total. The van der Waals surface area contributed by atoms with Gasteiger partial charge in [0.2, 0.25) is 0 Å². The van der Waals surface area contributed by atoms with Gasteiger partial charge in [0.05, 0.1) is 0 Å². The molecule has 1 heterocycles. The number of hydrogen-bond acceptors (Lipinski definition) is 2. The Morgan fingerprint density at radius 3 is 2.80 bits per heavy atom. The highest BCUT2D eigenvalue weighted by molar-refractivity contribution is 6.31. The summed E-state index contributed by atoms with van der Waals surface area (Å²) in [6.07, 6.45) is 1.09. The van der Waals surface area contributed by atoms with Crippen LogP contribution in [-0.4, -0.2) is 24.0 Å². The van der Waals surface area contributed by atoms with E-state index in [2.05, 4.69) is 17.9 Å². The predicted octanol–water partition coefficient (Wildman–Crippen LogP) is 2.43. The fourth-order valence-electron chi connectivity index (χ4n) is 2.18. The van der Waals surface area contributed by atoms with Crippen molar-refractivity contribution in [2.24, 2.45) is 5.73 Å². The molecule has 3 heteroatoms. The van der Waals surface area contributed by atoms with Gasteiger partial charge < -0.3 is 5.73 Å². The molecule has 2 N–H and O–H groups in total. The van der Waals surface area contributed by atoms with Crippen molar-refractivity contribution in [3.63, 3.8) is 0 Å². The Morgan fingerprint density at radius 2 is 2.20 bits per heavy atom. The summed E-state index contributed by atoms with van der Waals surface area (Å²) in [5.41, 5.74) is 7.11. The van der Waals surface area contributed by atoms with Crippen LogP contribution in [0.15, 0.2) is 24.3 Å².